The number of halogens is 1. The zero-order valence-corrected chi connectivity index (χ0v) is 18.9. The van der Waals surface area contributed by atoms with E-state index in [9.17, 15) is 4.79 Å². The standard InChI is InChI=1S/C27H17ClN2O2S/c28-21-10-4-2-8-18(21)16-32-24-14-13-17-7-1-3-9-19(17)20(24)15-25-26(31)30-23-12-6-5-11-22(23)29-27(30)33-25/h1-15H,16H2/b25-15+. The molecule has 0 N–H and O–H groups in total. The molecule has 0 aliphatic rings. The topological polar surface area (TPSA) is 43.6 Å². The molecule has 0 amide bonds. The summed E-state index contributed by atoms with van der Waals surface area (Å²) in [6, 6.07) is 27.4. The van der Waals surface area contributed by atoms with Crippen LogP contribution in [0.15, 0.2) is 89.7 Å². The zero-order chi connectivity index (χ0) is 22.4. The molecule has 2 heterocycles. The van der Waals surface area contributed by atoms with E-state index in [4.69, 9.17) is 16.3 Å². The SMILES string of the molecule is O=c1/c(=C\c2c(OCc3ccccc3Cl)ccc3ccccc23)sc2nc3ccccc3n12. The van der Waals surface area contributed by atoms with Crippen molar-refractivity contribution in [2.75, 3.05) is 0 Å². The highest BCUT2D eigenvalue weighted by atomic mass is 35.5. The Morgan fingerprint density at radius 1 is 0.939 bits per heavy atom. The van der Waals surface area contributed by atoms with E-state index in [0.29, 0.717) is 26.9 Å². The zero-order valence-electron chi connectivity index (χ0n) is 17.4. The lowest BCUT2D eigenvalue weighted by atomic mass is 10.0. The number of para-hydroxylation sites is 2. The lowest BCUT2D eigenvalue weighted by Crippen LogP contribution is -2.22. The quantitative estimate of drug-likeness (QED) is 0.326. The Bertz CT molecular complexity index is 1770. The summed E-state index contributed by atoms with van der Waals surface area (Å²) in [6.07, 6.45) is 1.92. The lowest BCUT2D eigenvalue weighted by Gasteiger charge is -2.12. The normalized spacial score (nSPS) is 12.2. The fourth-order valence-electron chi connectivity index (χ4n) is 4.06. The van der Waals surface area contributed by atoms with Crippen LogP contribution >= 0.6 is 22.9 Å². The first kappa shape index (κ1) is 20.0. The van der Waals surface area contributed by atoms with Crippen molar-refractivity contribution in [2.45, 2.75) is 6.61 Å². The van der Waals surface area contributed by atoms with Gasteiger partial charge in [-0.15, -0.1) is 0 Å². The molecule has 160 valence electrons. The molecule has 0 spiro atoms. The van der Waals surface area contributed by atoms with Crippen molar-refractivity contribution >= 4 is 55.8 Å². The van der Waals surface area contributed by atoms with Gasteiger partial charge in [0.2, 0.25) is 0 Å². The van der Waals surface area contributed by atoms with Gasteiger partial charge in [-0.3, -0.25) is 4.79 Å². The van der Waals surface area contributed by atoms with Crippen LogP contribution in [-0.2, 0) is 6.61 Å². The van der Waals surface area contributed by atoms with E-state index in [0.717, 1.165) is 32.9 Å². The first-order valence-electron chi connectivity index (χ1n) is 10.5. The molecular formula is C27H17ClN2O2S. The minimum absolute atomic E-state index is 0.0753. The van der Waals surface area contributed by atoms with Crippen molar-refractivity contribution in [3.8, 4) is 5.75 Å². The second-order valence-corrected chi connectivity index (χ2v) is 9.13. The van der Waals surface area contributed by atoms with E-state index in [1.807, 2.05) is 84.9 Å². The van der Waals surface area contributed by atoms with Gasteiger partial charge in [-0.1, -0.05) is 83.6 Å². The fourth-order valence-corrected chi connectivity index (χ4v) is 5.22. The number of imidazole rings is 1. The van der Waals surface area contributed by atoms with E-state index in [2.05, 4.69) is 11.1 Å². The maximum Gasteiger partial charge on any atom is 0.274 e. The molecule has 33 heavy (non-hydrogen) atoms. The van der Waals surface area contributed by atoms with Gasteiger partial charge < -0.3 is 4.74 Å². The third kappa shape index (κ3) is 3.46. The third-order valence-corrected chi connectivity index (χ3v) is 7.03. The number of hydrogen-bond acceptors (Lipinski definition) is 4. The molecule has 6 rings (SSSR count). The predicted octanol–water partition coefficient (Wildman–Crippen LogP) is 5.84. The van der Waals surface area contributed by atoms with E-state index < -0.39 is 0 Å². The molecule has 0 saturated carbocycles. The minimum Gasteiger partial charge on any atom is -0.488 e. The van der Waals surface area contributed by atoms with Gasteiger partial charge in [-0.2, -0.15) is 0 Å². The largest absolute Gasteiger partial charge is 0.488 e. The van der Waals surface area contributed by atoms with Gasteiger partial charge in [-0.25, -0.2) is 9.38 Å². The highest BCUT2D eigenvalue weighted by Gasteiger charge is 2.13. The van der Waals surface area contributed by atoms with Crippen molar-refractivity contribution in [1.29, 1.82) is 0 Å². The number of hydrogen-bond donors (Lipinski definition) is 0. The molecule has 0 aliphatic carbocycles. The van der Waals surface area contributed by atoms with Crippen molar-refractivity contribution in [2.24, 2.45) is 0 Å². The number of fused-ring (bicyclic) bond motifs is 4. The van der Waals surface area contributed by atoms with Crippen LogP contribution < -0.4 is 14.8 Å². The summed E-state index contributed by atoms with van der Waals surface area (Å²) >= 11 is 7.70. The molecule has 0 bridgehead atoms. The average Bonchev–Trinajstić information content (AvgIpc) is 3.35. The van der Waals surface area contributed by atoms with Crippen molar-refractivity contribution in [3.05, 3.63) is 116 Å². The molecule has 6 heteroatoms. The van der Waals surface area contributed by atoms with Crippen LogP contribution in [0.2, 0.25) is 5.02 Å². The summed E-state index contributed by atoms with van der Waals surface area (Å²) in [4.78, 5) is 18.6. The number of ether oxygens (including phenoxy) is 1. The van der Waals surface area contributed by atoms with Gasteiger partial charge in [0.15, 0.2) is 4.96 Å². The van der Waals surface area contributed by atoms with Crippen LogP contribution in [-0.4, -0.2) is 9.38 Å². The first-order valence-corrected chi connectivity index (χ1v) is 11.7. The first-order chi connectivity index (χ1) is 16.2. The number of rotatable bonds is 4. The molecule has 6 aromatic rings. The van der Waals surface area contributed by atoms with Crippen LogP contribution in [0.25, 0.3) is 32.8 Å². The van der Waals surface area contributed by atoms with Crippen molar-refractivity contribution in [3.63, 3.8) is 0 Å². The molecular weight excluding hydrogens is 452 g/mol. The van der Waals surface area contributed by atoms with Crippen LogP contribution in [0.4, 0.5) is 0 Å². The Morgan fingerprint density at radius 2 is 1.73 bits per heavy atom. The van der Waals surface area contributed by atoms with Crippen molar-refractivity contribution in [1.82, 2.24) is 9.38 Å². The van der Waals surface area contributed by atoms with Crippen LogP contribution in [0.1, 0.15) is 11.1 Å². The average molecular weight is 469 g/mol. The van der Waals surface area contributed by atoms with E-state index in [1.165, 1.54) is 11.3 Å². The molecule has 0 aliphatic heterocycles. The Balaban J connectivity index is 1.53. The molecule has 0 radical (unpaired) electrons. The van der Waals surface area contributed by atoms with E-state index in [-0.39, 0.29) is 5.56 Å². The Morgan fingerprint density at radius 3 is 2.64 bits per heavy atom. The third-order valence-electron chi connectivity index (χ3n) is 5.69. The molecule has 2 aromatic heterocycles. The number of benzene rings is 4. The van der Waals surface area contributed by atoms with E-state index in [1.54, 1.807) is 4.40 Å². The number of nitrogens with zero attached hydrogens (tertiary/aromatic N) is 2. The van der Waals surface area contributed by atoms with Gasteiger partial charge >= 0.3 is 0 Å². The second kappa shape index (κ2) is 8.03. The summed E-state index contributed by atoms with van der Waals surface area (Å²) in [5.74, 6) is 0.698. The smallest absolute Gasteiger partial charge is 0.274 e. The Kier molecular flexibility index (Phi) is 4.86. The monoisotopic (exact) mass is 468 g/mol. The Labute approximate surface area is 198 Å². The van der Waals surface area contributed by atoms with Crippen LogP contribution in [0.3, 0.4) is 0 Å². The van der Waals surface area contributed by atoms with Crippen LogP contribution in [0, 0.1) is 0 Å². The second-order valence-electron chi connectivity index (χ2n) is 7.71. The van der Waals surface area contributed by atoms with Gasteiger partial charge in [0.25, 0.3) is 5.56 Å². The lowest BCUT2D eigenvalue weighted by molar-refractivity contribution is 0.306. The number of aromatic nitrogens is 2. The predicted molar refractivity (Wildman–Crippen MR) is 135 cm³/mol. The van der Waals surface area contributed by atoms with Gasteiger partial charge in [0.05, 0.1) is 15.6 Å². The molecule has 4 aromatic carbocycles. The summed E-state index contributed by atoms with van der Waals surface area (Å²) < 4.78 is 8.51. The summed E-state index contributed by atoms with van der Waals surface area (Å²) in [5.41, 5.74) is 3.34. The minimum atomic E-state index is -0.0753. The summed E-state index contributed by atoms with van der Waals surface area (Å²) in [5, 5.41) is 2.76. The summed E-state index contributed by atoms with van der Waals surface area (Å²) in [6.45, 7) is 0.335. The fraction of sp³-hybridized carbons (Fsp3) is 0.0370. The van der Waals surface area contributed by atoms with Crippen molar-refractivity contribution < 1.29 is 4.74 Å². The molecule has 0 fully saturated rings. The maximum atomic E-state index is 13.3. The van der Waals surface area contributed by atoms with Gasteiger partial charge in [0, 0.05) is 16.1 Å². The molecule has 4 nitrogen and oxygen atoms in total. The molecule has 0 saturated heterocycles. The van der Waals surface area contributed by atoms with Crippen LogP contribution in [0.5, 0.6) is 5.75 Å². The van der Waals surface area contributed by atoms with Gasteiger partial charge in [0.1, 0.15) is 12.4 Å². The molecule has 0 unspecified atom stereocenters. The number of thiazole rings is 1. The van der Waals surface area contributed by atoms with E-state index >= 15 is 0 Å². The maximum absolute atomic E-state index is 13.3. The Hall–Kier alpha value is -3.67. The van der Waals surface area contributed by atoms with Gasteiger partial charge in [-0.05, 0) is 41.1 Å². The summed E-state index contributed by atoms with van der Waals surface area (Å²) in [7, 11) is 0. The molecule has 0 atom stereocenters. The highest BCUT2D eigenvalue weighted by molar-refractivity contribution is 7.15. The highest BCUT2D eigenvalue weighted by Crippen LogP contribution is 2.30.